The molecule has 0 bridgehead atoms. The first-order valence-electron chi connectivity index (χ1n) is 6.11. The molecule has 0 amide bonds. The average Bonchev–Trinajstić information content (AvgIpc) is 2.30. The maximum absolute atomic E-state index is 13.6. The topological polar surface area (TPSA) is 32.5 Å². The second-order valence-corrected chi connectivity index (χ2v) is 5.95. The number of likely N-dealkylation sites (N-methyl/N-ethyl adjacent to an activating group) is 1. The van der Waals surface area contributed by atoms with Crippen LogP contribution in [0.3, 0.4) is 0 Å². The summed E-state index contributed by atoms with van der Waals surface area (Å²) in [6, 6.07) is 4.02. The molecule has 0 aromatic heterocycles. The Morgan fingerprint density at radius 2 is 1.83 bits per heavy atom. The van der Waals surface area contributed by atoms with Crippen LogP contribution in [-0.2, 0) is 0 Å². The molecule has 100 valence electrons. The predicted octanol–water partition coefficient (Wildman–Crippen LogP) is 2.70. The normalized spacial score (nSPS) is 25.5. The van der Waals surface area contributed by atoms with Crippen LogP contribution in [0.1, 0.15) is 13.8 Å². The third-order valence-electron chi connectivity index (χ3n) is 3.77. The minimum Gasteiger partial charge on any atom is -0.397 e. The molecule has 18 heavy (non-hydrogen) atoms. The van der Waals surface area contributed by atoms with E-state index in [9.17, 15) is 4.39 Å². The van der Waals surface area contributed by atoms with Gasteiger partial charge in [0.15, 0.2) is 0 Å². The van der Waals surface area contributed by atoms with E-state index in [-0.39, 0.29) is 5.82 Å². The summed E-state index contributed by atoms with van der Waals surface area (Å²) in [5.41, 5.74) is 7.41. The molecule has 3 nitrogen and oxygen atoms in total. The van der Waals surface area contributed by atoms with Crippen molar-refractivity contribution >= 4 is 27.3 Å². The number of hydrogen-bond donors (Lipinski definition) is 1. The van der Waals surface area contributed by atoms with Gasteiger partial charge in [0, 0.05) is 31.2 Å². The summed E-state index contributed by atoms with van der Waals surface area (Å²) in [5, 5.41) is 0. The number of nitrogen functional groups attached to an aromatic ring is 1. The largest absolute Gasteiger partial charge is 0.397 e. The molecule has 0 spiro atoms. The summed E-state index contributed by atoms with van der Waals surface area (Å²) in [5.74, 6) is -0.265. The van der Waals surface area contributed by atoms with Crippen molar-refractivity contribution in [1.82, 2.24) is 4.90 Å². The van der Waals surface area contributed by atoms with E-state index in [4.69, 9.17) is 5.73 Å². The number of nitrogens with two attached hydrogens (primary N) is 1. The zero-order valence-electron chi connectivity index (χ0n) is 11.0. The minimum absolute atomic E-state index is 0.265. The molecule has 1 aromatic rings. The van der Waals surface area contributed by atoms with Gasteiger partial charge in [-0.25, -0.2) is 4.39 Å². The number of halogens is 2. The molecule has 1 saturated heterocycles. The Balaban J connectivity index is 2.29. The third kappa shape index (κ3) is 2.47. The van der Waals surface area contributed by atoms with Crippen molar-refractivity contribution in [1.29, 1.82) is 0 Å². The molecule has 2 atom stereocenters. The smallest absolute Gasteiger partial charge is 0.139 e. The standard InChI is InChI=1S/C13H19BrFN3/c1-8-6-18(7-9(2)17(8)3)13-5-11(15)10(14)4-12(13)16/h4-5,8-9H,6-7,16H2,1-3H3/t8-,9-/m1/s1. The van der Waals surface area contributed by atoms with E-state index >= 15 is 0 Å². The number of nitrogens with zero attached hydrogens (tertiary/aromatic N) is 2. The summed E-state index contributed by atoms with van der Waals surface area (Å²) in [4.78, 5) is 4.50. The molecule has 2 rings (SSSR count). The molecule has 0 unspecified atom stereocenters. The Morgan fingerprint density at radius 3 is 2.39 bits per heavy atom. The van der Waals surface area contributed by atoms with Crippen LogP contribution in [0, 0.1) is 5.82 Å². The van der Waals surface area contributed by atoms with Crippen LogP contribution in [-0.4, -0.2) is 37.1 Å². The predicted molar refractivity (Wildman–Crippen MR) is 77.4 cm³/mol. The molecule has 0 aliphatic carbocycles. The first-order chi connectivity index (χ1) is 8.40. The number of anilines is 2. The van der Waals surface area contributed by atoms with Gasteiger partial charge in [0.05, 0.1) is 15.8 Å². The Morgan fingerprint density at radius 1 is 1.28 bits per heavy atom. The molecule has 1 heterocycles. The molecule has 5 heteroatoms. The van der Waals surface area contributed by atoms with E-state index in [1.54, 1.807) is 6.07 Å². The Bertz CT molecular complexity index is 440. The highest BCUT2D eigenvalue weighted by Gasteiger charge is 2.27. The zero-order chi connectivity index (χ0) is 13.4. The molecule has 0 saturated carbocycles. The summed E-state index contributed by atoms with van der Waals surface area (Å²) in [7, 11) is 2.12. The van der Waals surface area contributed by atoms with Gasteiger partial charge in [-0.3, -0.25) is 4.90 Å². The van der Waals surface area contributed by atoms with Crippen LogP contribution < -0.4 is 10.6 Å². The van der Waals surface area contributed by atoms with Crippen molar-refractivity contribution in [2.45, 2.75) is 25.9 Å². The van der Waals surface area contributed by atoms with Crippen molar-refractivity contribution in [2.75, 3.05) is 30.8 Å². The van der Waals surface area contributed by atoms with Crippen molar-refractivity contribution in [2.24, 2.45) is 0 Å². The molecule has 1 aromatic carbocycles. The van der Waals surface area contributed by atoms with Gasteiger partial charge in [0.1, 0.15) is 5.82 Å². The molecule has 1 fully saturated rings. The van der Waals surface area contributed by atoms with Crippen LogP contribution in [0.5, 0.6) is 0 Å². The molecule has 1 aliphatic heterocycles. The molecule has 2 N–H and O–H groups in total. The van der Waals surface area contributed by atoms with E-state index in [1.165, 1.54) is 6.07 Å². The number of benzene rings is 1. The first-order valence-corrected chi connectivity index (χ1v) is 6.91. The Labute approximate surface area is 116 Å². The molecular weight excluding hydrogens is 297 g/mol. The quantitative estimate of drug-likeness (QED) is 0.809. The summed E-state index contributed by atoms with van der Waals surface area (Å²) in [6.07, 6.45) is 0. The third-order valence-corrected chi connectivity index (χ3v) is 4.38. The summed E-state index contributed by atoms with van der Waals surface area (Å²) >= 11 is 3.16. The maximum atomic E-state index is 13.6. The van der Waals surface area contributed by atoms with Gasteiger partial charge in [-0.15, -0.1) is 0 Å². The van der Waals surface area contributed by atoms with Crippen LogP contribution in [0.15, 0.2) is 16.6 Å². The van der Waals surface area contributed by atoms with Gasteiger partial charge < -0.3 is 10.6 Å². The Kier molecular flexibility index (Phi) is 3.82. The fourth-order valence-corrected chi connectivity index (χ4v) is 2.79. The highest BCUT2D eigenvalue weighted by molar-refractivity contribution is 9.10. The minimum atomic E-state index is -0.265. The van der Waals surface area contributed by atoms with Crippen molar-refractivity contribution in [3.05, 3.63) is 22.4 Å². The highest BCUT2D eigenvalue weighted by atomic mass is 79.9. The van der Waals surface area contributed by atoms with Crippen LogP contribution in [0.2, 0.25) is 0 Å². The number of piperazine rings is 1. The van der Waals surface area contributed by atoms with E-state index in [0.717, 1.165) is 18.8 Å². The highest BCUT2D eigenvalue weighted by Crippen LogP contribution is 2.31. The van der Waals surface area contributed by atoms with Gasteiger partial charge in [-0.05, 0) is 42.9 Å². The lowest BCUT2D eigenvalue weighted by Crippen LogP contribution is -2.55. The summed E-state index contributed by atoms with van der Waals surface area (Å²) in [6.45, 7) is 6.08. The van der Waals surface area contributed by atoms with Crippen molar-refractivity contribution in [3.8, 4) is 0 Å². The van der Waals surface area contributed by atoms with Gasteiger partial charge in [0.2, 0.25) is 0 Å². The van der Waals surface area contributed by atoms with E-state index in [1.807, 2.05) is 0 Å². The molecular formula is C13H19BrFN3. The van der Waals surface area contributed by atoms with Crippen molar-refractivity contribution < 1.29 is 4.39 Å². The fourth-order valence-electron chi connectivity index (χ4n) is 2.43. The second kappa shape index (κ2) is 5.05. The second-order valence-electron chi connectivity index (χ2n) is 5.09. The Hall–Kier alpha value is -0.810. The van der Waals surface area contributed by atoms with Gasteiger partial charge in [-0.2, -0.15) is 0 Å². The number of hydrogen-bond acceptors (Lipinski definition) is 3. The lowest BCUT2D eigenvalue weighted by Gasteiger charge is -2.43. The average molecular weight is 316 g/mol. The van der Waals surface area contributed by atoms with Crippen molar-refractivity contribution in [3.63, 3.8) is 0 Å². The maximum Gasteiger partial charge on any atom is 0.139 e. The van der Waals surface area contributed by atoms with Gasteiger partial charge in [0.25, 0.3) is 0 Å². The lowest BCUT2D eigenvalue weighted by molar-refractivity contribution is 0.170. The van der Waals surface area contributed by atoms with E-state index in [2.05, 4.69) is 46.6 Å². The molecule has 0 radical (unpaired) electrons. The van der Waals surface area contributed by atoms with Gasteiger partial charge >= 0.3 is 0 Å². The fraction of sp³-hybridized carbons (Fsp3) is 0.538. The van der Waals surface area contributed by atoms with Crippen LogP contribution in [0.25, 0.3) is 0 Å². The summed E-state index contributed by atoms with van der Waals surface area (Å²) < 4.78 is 14.1. The van der Waals surface area contributed by atoms with E-state index in [0.29, 0.717) is 22.2 Å². The SMILES string of the molecule is C[C@@H]1CN(c2cc(F)c(Br)cc2N)C[C@@H](C)N1C. The number of rotatable bonds is 1. The molecule has 1 aliphatic rings. The van der Waals surface area contributed by atoms with E-state index < -0.39 is 0 Å². The lowest BCUT2D eigenvalue weighted by atomic mass is 10.1. The van der Waals surface area contributed by atoms with Crippen LogP contribution in [0.4, 0.5) is 15.8 Å². The zero-order valence-corrected chi connectivity index (χ0v) is 12.5. The van der Waals surface area contributed by atoms with Crippen LogP contribution >= 0.6 is 15.9 Å². The van der Waals surface area contributed by atoms with Gasteiger partial charge in [-0.1, -0.05) is 0 Å². The monoisotopic (exact) mass is 315 g/mol. The first kappa shape index (κ1) is 13.6.